The first-order valence-electron chi connectivity index (χ1n) is 8.96. The van der Waals surface area contributed by atoms with Crippen molar-refractivity contribution >= 4 is 11.9 Å². The van der Waals surface area contributed by atoms with E-state index >= 15 is 0 Å². The number of hydrogen-bond acceptors (Lipinski definition) is 8. The van der Waals surface area contributed by atoms with Gasteiger partial charge in [-0.25, -0.2) is 4.39 Å². The van der Waals surface area contributed by atoms with Crippen molar-refractivity contribution in [1.82, 2.24) is 15.5 Å². The number of carbonyl (C=O) groups is 2. The highest BCUT2D eigenvalue weighted by Gasteiger charge is 2.20. The summed E-state index contributed by atoms with van der Waals surface area (Å²) in [6.07, 6.45) is -0.832. The Balaban J connectivity index is 1.30. The number of ether oxygens (including phenoxy) is 3. The Morgan fingerprint density at radius 1 is 1.13 bits per heavy atom. The number of aromatic nitrogens is 2. The smallest absolute Gasteiger partial charge is 0.326 e. The van der Waals surface area contributed by atoms with E-state index in [9.17, 15) is 14.0 Å². The zero-order valence-corrected chi connectivity index (χ0v) is 15.8. The molecule has 1 N–H and O–H groups in total. The summed E-state index contributed by atoms with van der Waals surface area (Å²) in [7, 11) is 0. The van der Waals surface area contributed by atoms with Gasteiger partial charge in [-0.2, -0.15) is 0 Å². The van der Waals surface area contributed by atoms with Crippen LogP contribution in [0.5, 0.6) is 11.5 Å². The molecule has 0 bridgehead atoms. The quantitative estimate of drug-likeness (QED) is 0.614. The summed E-state index contributed by atoms with van der Waals surface area (Å²) in [5.41, 5.74) is 0.852. The van der Waals surface area contributed by atoms with Crippen LogP contribution in [0, 0.1) is 5.82 Å². The van der Waals surface area contributed by atoms with E-state index in [0.717, 1.165) is 0 Å². The minimum absolute atomic E-state index is 0.0739. The van der Waals surface area contributed by atoms with Crippen LogP contribution in [0.3, 0.4) is 0 Å². The molecule has 0 unspecified atom stereocenters. The predicted molar refractivity (Wildman–Crippen MR) is 99.1 cm³/mol. The number of benzene rings is 2. The van der Waals surface area contributed by atoms with Gasteiger partial charge in [0, 0.05) is 11.1 Å². The average Bonchev–Trinajstić information content (AvgIpc) is 3.41. The molecule has 2 aromatic carbocycles. The molecule has 154 valence electrons. The summed E-state index contributed by atoms with van der Waals surface area (Å²) in [6.45, 7) is 1.30. The van der Waals surface area contributed by atoms with Gasteiger partial charge < -0.3 is 23.9 Å². The highest BCUT2D eigenvalue weighted by molar-refractivity contribution is 5.96. The molecule has 4 rings (SSSR count). The van der Waals surface area contributed by atoms with Gasteiger partial charge in [-0.05, 0) is 49.4 Å². The molecule has 2 heterocycles. The van der Waals surface area contributed by atoms with E-state index in [4.69, 9.17) is 18.6 Å². The van der Waals surface area contributed by atoms with Gasteiger partial charge in [0.25, 0.3) is 11.8 Å². The van der Waals surface area contributed by atoms with Crippen LogP contribution < -0.4 is 14.8 Å². The topological polar surface area (TPSA) is 113 Å². The lowest BCUT2D eigenvalue weighted by molar-refractivity contribution is -0.148. The maximum atomic E-state index is 13.0. The van der Waals surface area contributed by atoms with Gasteiger partial charge in [0.05, 0.1) is 0 Å². The van der Waals surface area contributed by atoms with Crippen LogP contribution >= 0.6 is 0 Å². The standard InChI is InChI=1S/C20H16FN3O6/c1-11(19-23-24-20(30-19)12-2-5-14(21)6-3-12)29-17(25)9-22-18(26)13-4-7-15-16(8-13)28-10-27-15/h2-8,11H,9-10H2,1H3,(H,22,26)/t11-/m0/s1. The summed E-state index contributed by atoms with van der Waals surface area (Å²) in [5, 5.41) is 10.2. The Labute approximate surface area is 169 Å². The van der Waals surface area contributed by atoms with Gasteiger partial charge in [0.15, 0.2) is 17.6 Å². The fraction of sp³-hybridized carbons (Fsp3) is 0.200. The number of rotatable bonds is 6. The molecule has 1 aromatic heterocycles. The highest BCUT2D eigenvalue weighted by Crippen LogP contribution is 2.32. The van der Waals surface area contributed by atoms with Gasteiger partial charge in [0.2, 0.25) is 12.7 Å². The summed E-state index contributed by atoms with van der Waals surface area (Å²) in [5.74, 6) is -0.267. The molecule has 1 atom stereocenters. The molecule has 30 heavy (non-hydrogen) atoms. The van der Waals surface area contributed by atoms with E-state index in [1.165, 1.54) is 30.3 Å². The lowest BCUT2D eigenvalue weighted by atomic mass is 10.2. The average molecular weight is 413 g/mol. The van der Waals surface area contributed by atoms with Crippen LogP contribution in [0.2, 0.25) is 0 Å². The van der Waals surface area contributed by atoms with Crippen molar-refractivity contribution in [2.24, 2.45) is 0 Å². The van der Waals surface area contributed by atoms with E-state index in [2.05, 4.69) is 15.5 Å². The van der Waals surface area contributed by atoms with Crippen molar-refractivity contribution in [3.8, 4) is 23.0 Å². The molecule has 1 aliphatic heterocycles. The second kappa shape index (κ2) is 8.19. The molecular formula is C20H16FN3O6. The Kier molecular flexibility index (Phi) is 5.29. The monoisotopic (exact) mass is 413 g/mol. The zero-order chi connectivity index (χ0) is 21.1. The maximum absolute atomic E-state index is 13.0. The summed E-state index contributed by atoms with van der Waals surface area (Å²) >= 11 is 0. The first kappa shape index (κ1) is 19.4. The number of carbonyl (C=O) groups excluding carboxylic acids is 2. The van der Waals surface area contributed by atoms with Crippen molar-refractivity contribution in [2.45, 2.75) is 13.0 Å². The van der Waals surface area contributed by atoms with Crippen molar-refractivity contribution < 1.29 is 32.6 Å². The molecule has 10 heteroatoms. The van der Waals surface area contributed by atoms with E-state index in [1.54, 1.807) is 19.1 Å². The van der Waals surface area contributed by atoms with Crippen LogP contribution in [0.15, 0.2) is 46.9 Å². The number of nitrogens with one attached hydrogen (secondary N) is 1. The normalized spacial score (nSPS) is 13.0. The molecule has 0 radical (unpaired) electrons. The maximum Gasteiger partial charge on any atom is 0.326 e. The third kappa shape index (κ3) is 4.22. The molecule has 0 fully saturated rings. The van der Waals surface area contributed by atoms with E-state index in [1.807, 2.05) is 0 Å². The number of esters is 1. The van der Waals surface area contributed by atoms with Crippen LogP contribution in [0.25, 0.3) is 11.5 Å². The molecule has 0 spiro atoms. The number of nitrogens with zero attached hydrogens (tertiary/aromatic N) is 2. The fourth-order valence-electron chi connectivity index (χ4n) is 2.69. The highest BCUT2D eigenvalue weighted by atomic mass is 19.1. The molecule has 3 aromatic rings. The second-order valence-electron chi connectivity index (χ2n) is 6.34. The van der Waals surface area contributed by atoms with Crippen molar-refractivity contribution in [2.75, 3.05) is 13.3 Å². The van der Waals surface area contributed by atoms with Gasteiger partial charge in [0.1, 0.15) is 12.4 Å². The van der Waals surface area contributed by atoms with Crippen LogP contribution in [-0.4, -0.2) is 35.4 Å². The van der Waals surface area contributed by atoms with Crippen molar-refractivity contribution in [1.29, 1.82) is 0 Å². The summed E-state index contributed by atoms with van der Waals surface area (Å²) in [6, 6.07) is 10.2. The number of hydrogen-bond donors (Lipinski definition) is 1. The first-order chi connectivity index (χ1) is 14.5. The van der Waals surface area contributed by atoms with E-state index in [0.29, 0.717) is 22.6 Å². The minimum atomic E-state index is -0.832. The van der Waals surface area contributed by atoms with Gasteiger partial charge in [-0.1, -0.05) is 0 Å². The van der Waals surface area contributed by atoms with Crippen LogP contribution in [0.4, 0.5) is 4.39 Å². The van der Waals surface area contributed by atoms with Crippen molar-refractivity contribution in [3.05, 3.63) is 59.7 Å². The van der Waals surface area contributed by atoms with Gasteiger partial charge >= 0.3 is 5.97 Å². The lowest BCUT2D eigenvalue weighted by Gasteiger charge is -2.10. The number of halogens is 1. The molecule has 1 amide bonds. The largest absolute Gasteiger partial charge is 0.454 e. The van der Waals surface area contributed by atoms with Crippen molar-refractivity contribution in [3.63, 3.8) is 0 Å². The third-order valence-corrected chi connectivity index (χ3v) is 4.22. The molecule has 0 saturated heterocycles. The summed E-state index contributed by atoms with van der Waals surface area (Å²) < 4.78 is 34.1. The third-order valence-electron chi connectivity index (χ3n) is 4.22. The van der Waals surface area contributed by atoms with Crippen LogP contribution in [0.1, 0.15) is 29.3 Å². The molecule has 0 saturated carbocycles. The first-order valence-corrected chi connectivity index (χ1v) is 8.96. The zero-order valence-electron chi connectivity index (χ0n) is 15.8. The predicted octanol–water partition coefficient (Wildman–Crippen LogP) is 2.64. The SMILES string of the molecule is C[C@H](OC(=O)CNC(=O)c1ccc2c(c1)OCO2)c1nnc(-c2ccc(F)cc2)o1. The number of fused-ring (bicyclic) bond motifs is 1. The van der Waals surface area contributed by atoms with Crippen LogP contribution in [-0.2, 0) is 9.53 Å². The van der Waals surface area contributed by atoms with Gasteiger partial charge in [-0.15, -0.1) is 10.2 Å². The minimum Gasteiger partial charge on any atom is -0.454 e. The molecular weight excluding hydrogens is 397 g/mol. The molecule has 9 nitrogen and oxygen atoms in total. The van der Waals surface area contributed by atoms with Gasteiger partial charge in [-0.3, -0.25) is 9.59 Å². The Morgan fingerprint density at radius 2 is 1.90 bits per heavy atom. The van der Waals surface area contributed by atoms with E-state index in [-0.39, 0.29) is 30.9 Å². The number of amides is 1. The molecule has 0 aliphatic carbocycles. The Hall–Kier alpha value is -3.95. The molecule has 1 aliphatic rings. The Bertz CT molecular complexity index is 1080. The lowest BCUT2D eigenvalue weighted by Crippen LogP contribution is -2.31. The van der Waals surface area contributed by atoms with E-state index < -0.39 is 18.0 Å². The fourth-order valence-corrected chi connectivity index (χ4v) is 2.69. The summed E-state index contributed by atoms with van der Waals surface area (Å²) in [4.78, 5) is 24.3. The second-order valence-corrected chi connectivity index (χ2v) is 6.34. The Morgan fingerprint density at radius 3 is 2.70 bits per heavy atom.